The van der Waals surface area contributed by atoms with Crippen LogP contribution in [0.15, 0.2) is 47.8 Å². The Morgan fingerprint density at radius 2 is 2.04 bits per heavy atom. The van der Waals surface area contributed by atoms with Gasteiger partial charge in [-0.25, -0.2) is 4.98 Å². The maximum absolute atomic E-state index is 12.4. The summed E-state index contributed by atoms with van der Waals surface area (Å²) in [5.41, 5.74) is 1.41. The van der Waals surface area contributed by atoms with Crippen LogP contribution in [0, 0.1) is 10.1 Å². The van der Waals surface area contributed by atoms with Gasteiger partial charge in [-0.3, -0.25) is 20.2 Å². The molecule has 0 bridgehead atoms. The molecule has 0 unspecified atom stereocenters. The largest absolute Gasteiger partial charge is 0.494 e. The van der Waals surface area contributed by atoms with Gasteiger partial charge in [-0.2, -0.15) is 0 Å². The van der Waals surface area contributed by atoms with Crippen molar-refractivity contribution in [3.05, 3.63) is 68.5 Å². The Morgan fingerprint density at radius 1 is 1.29 bits per heavy atom. The zero-order valence-electron chi connectivity index (χ0n) is 14.8. The minimum Gasteiger partial charge on any atom is -0.494 e. The number of nitro benzene ring substituents is 1. The monoisotopic (exact) mass is 417 g/mol. The summed E-state index contributed by atoms with van der Waals surface area (Å²) in [6.45, 7) is 2.71. The maximum atomic E-state index is 12.4. The molecule has 0 aliphatic heterocycles. The van der Waals surface area contributed by atoms with Crippen LogP contribution in [0.4, 0.5) is 10.8 Å². The first-order chi connectivity index (χ1) is 13.5. The quantitative estimate of drug-likeness (QED) is 0.409. The predicted octanol–water partition coefficient (Wildman–Crippen LogP) is 5.41. The van der Waals surface area contributed by atoms with Crippen molar-refractivity contribution in [1.29, 1.82) is 0 Å². The Hall–Kier alpha value is -2.97. The number of carbonyl (C=O) groups excluding carboxylic acids is 1. The molecule has 0 aliphatic rings. The molecule has 3 aromatic rings. The third kappa shape index (κ3) is 4.65. The van der Waals surface area contributed by atoms with Gasteiger partial charge in [0.1, 0.15) is 10.8 Å². The van der Waals surface area contributed by atoms with E-state index in [0.29, 0.717) is 17.4 Å². The van der Waals surface area contributed by atoms with Crippen LogP contribution < -0.4 is 10.1 Å². The van der Waals surface area contributed by atoms with Gasteiger partial charge < -0.3 is 4.74 Å². The van der Waals surface area contributed by atoms with E-state index in [1.165, 1.54) is 23.5 Å². The zero-order chi connectivity index (χ0) is 20.1. The molecule has 0 radical (unpaired) electrons. The molecule has 0 saturated heterocycles. The number of hydrogen-bond acceptors (Lipinski definition) is 6. The fraction of sp³-hybridized carbons (Fsp3) is 0.158. The van der Waals surface area contributed by atoms with Crippen molar-refractivity contribution in [2.45, 2.75) is 13.3 Å². The van der Waals surface area contributed by atoms with Gasteiger partial charge in [-0.1, -0.05) is 18.5 Å². The summed E-state index contributed by atoms with van der Waals surface area (Å²) < 4.78 is 5.56. The highest BCUT2D eigenvalue weighted by atomic mass is 35.5. The van der Waals surface area contributed by atoms with Crippen LogP contribution in [0.1, 0.15) is 23.7 Å². The summed E-state index contributed by atoms with van der Waals surface area (Å²) >= 11 is 7.04. The second-order valence-electron chi connectivity index (χ2n) is 5.79. The topological polar surface area (TPSA) is 94.4 Å². The first-order valence-corrected chi connectivity index (χ1v) is 9.67. The number of carbonyl (C=O) groups is 1. The smallest absolute Gasteiger partial charge is 0.288 e. The summed E-state index contributed by atoms with van der Waals surface area (Å²) in [7, 11) is 0. The predicted molar refractivity (Wildman–Crippen MR) is 109 cm³/mol. The molecule has 7 nitrogen and oxygen atoms in total. The third-order valence-electron chi connectivity index (χ3n) is 3.75. The number of anilines is 1. The van der Waals surface area contributed by atoms with E-state index in [1.54, 1.807) is 0 Å². The van der Waals surface area contributed by atoms with E-state index >= 15 is 0 Å². The van der Waals surface area contributed by atoms with Gasteiger partial charge in [0.25, 0.3) is 11.6 Å². The lowest BCUT2D eigenvalue weighted by Crippen LogP contribution is -2.12. The lowest BCUT2D eigenvalue weighted by atomic mass is 10.2. The molecule has 1 amide bonds. The molecule has 0 fully saturated rings. The molecule has 3 rings (SSSR count). The molecule has 0 saturated carbocycles. The van der Waals surface area contributed by atoms with Gasteiger partial charge in [-0.05, 0) is 42.8 Å². The first-order valence-electron chi connectivity index (χ1n) is 8.42. The highest BCUT2D eigenvalue weighted by molar-refractivity contribution is 7.14. The van der Waals surface area contributed by atoms with Gasteiger partial charge in [0.2, 0.25) is 0 Å². The van der Waals surface area contributed by atoms with Crippen LogP contribution in [0.2, 0.25) is 5.02 Å². The second-order valence-corrected chi connectivity index (χ2v) is 7.05. The number of ether oxygens (including phenoxy) is 1. The minimum atomic E-state index is -0.630. The van der Waals surface area contributed by atoms with E-state index in [2.05, 4.69) is 10.3 Å². The normalized spacial score (nSPS) is 10.5. The van der Waals surface area contributed by atoms with Crippen molar-refractivity contribution in [2.75, 3.05) is 11.9 Å². The van der Waals surface area contributed by atoms with Crippen molar-refractivity contribution in [2.24, 2.45) is 0 Å². The molecule has 28 heavy (non-hydrogen) atoms. The summed E-state index contributed by atoms with van der Waals surface area (Å²) in [6, 6.07) is 11.4. The van der Waals surface area contributed by atoms with E-state index < -0.39 is 10.8 Å². The fourth-order valence-electron chi connectivity index (χ4n) is 2.37. The Morgan fingerprint density at radius 3 is 2.71 bits per heavy atom. The second kappa shape index (κ2) is 8.81. The average molecular weight is 418 g/mol. The Bertz CT molecular complexity index is 1000. The molecule has 2 aromatic carbocycles. The van der Waals surface area contributed by atoms with Gasteiger partial charge in [0.05, 0.1) is 17.2 Å². The lowest BCUT2D eigenvalue weighted by molar-refractivity contribution is -0.384. The molecule has 0 spiro atoms. The number of amides is 1. The molecule has 144 valence electrons. The fourth-order valence-corrected chi connectivity index (χ4v) is 3.27. The first kappa shape index (κ1) is 19.8. The van der Waals surface area contributed by atoms with E-state index in [-0.39, 0.29) is 16.3 Å². The standard InChI is InChI=1S/C19H16ClN3O4S/c1-2-9-27-14-6-3-12(4-7-14)16-11-28-19(21-16)22-18(24)13-5-8-15(20)17(10-13)23(25)26/h3-8,10-11H,2,9H2,1H3,(H,21,22,24). The number of nitro groups is 1. The number of nitrogens with one attached hydrogen (secondary N) is 1. The van der Waals surface area contributed by atoms with E-state index in [4.69, 9.17) is 16.3 Å². The van der Waals surface area contributed by atoms with Crippen LogP contribution in [-0.4, -0.2) is 22.4 Å². The third-order valence-corrected chi connectivity index (χ3v) is 4.83. The van der Waals surface area contributed by atoms with Gasteiger partial charge >= 0.3 is 0 Å². The molecule has 1 heterocycles. The summed E-state index contributed by atoms with van der Waals surface area (Å²) in [5.74, 6) is 0.294. The van der Waals surface area contributed by atoms with Crippen LogP contribution in [0.25, 0.3) is 11.3 Å². The van der Waals surface area contributed by atoms with Gasteiger partial charge in [-0.15, -0.1) is 11.3 Å². The van der Waals surface area contributed by atoms with Crippen molar-refractivity contribution < 1.29 is 14.5 Å². The summed E-state index contributed by atoms with van der Waals surface area (Å²) in [5, 5.41) is 15.8. The molecular formula is C19H16ClN3O4S. The SMILES string of the molecule is CCCOc1ccc(-c2csc(NC(=O)c3ccc(Cl)c([N+](=O)[O-])c3)n2)cc1. The van der Waals surface area contributed by atoms with E-state index in [0.717, 1.165) is 23.8 Å². The van der Waals surface area contributed by atoms with Crippen LogP contribution in [-0.2, 0) is 0 Å². The van der Waals surface area contributed by atoms with E-state index in [1.807, 2.05) is 36.6 Å². The average Bonchev–Trinajstić information content (AvgIpc) is 3.15. The van der Waals surface area contributed by atoms with E-state index in [9.17, 15) is 14.9 Å². The molecule has 0 atom stereocenters. The van der Waals surface area contributed by atoms with Crippen molar-refractivity contribution >= 4 is 39.7 Å². The number of hydrogen-bond donors (Lipinski definition) is 1. The lowest BCUT2D eigenvalue weighted by Gasteiger charge is -2.05. The van der Waals surface area contributed by atoms with Crippen molar-refractivity contribution in [3.63, 3.8) is 0 Å². The number of aromatic nitrogens is 1. The van der Waals surface area contributed by atoms with Crippen LogP contribution in [0.5, 0.6) is 5.75 Å². The summed E-state index contributed by atoms with van der Waals surface area (Å²) in [4.78, 5) is 27.1. The maximum Gasteiger partial charge on any atom is 0.288 e. The number of rotatable bonds is 7. The molecule has 9 heteroatoms. The van der Waals surface area contributed by atoms with Crippen LogP contribution in [0.3, 0.4) is 0 Å². The Kier molecular flexibility index (Phi) is 6.23. The van der Waals surface area contributed by atoms with Crippen molar-refractivity contribution in [3.8, 4) is 17.0 Å². The zero-order valence-corrected chi connectivity index (χ0v) is 16.4. The number of halogens is 1. The number of nitrogens with zero attached hydrogens (tertiary/aromatic N) is 2. The molecule has 1 N–H and O–H groups in total. The number of thiazole rings is 1. The van der Waals surface area contributed by atoms with Gasteiger partial charge in [0.15, 0.2) is 5.13 Å². The minimum absolute atomic E-state index is 0.0237. The van der Waals surface area contributed by atoms with Crippen LogP contribution >= 0.6 is 22.9 Å². The number of benzene rings is 2. The molecular weight excluding hydrogens is 402 g/mol. The van der Waals surface area contributed by atoms with Gasteiger partial charge in [0, 0.05) is 22.6 Å². The summed E-state index contributed by atoms with van der Waals surface area (Å²) in [6.07, 6.45) is 0.938. The van der Waals surface area contributed by atoms with Crippen molar-refractivity contribution in [1.82, 2.24) is 4.98 Å². The molecule has 1 aromatic heterocycles. The highest BCUT2D eigenvalue weighted by Gasteiger charge is 2.17. The highest BCUT2D eigenvalue weighted by Crippen LogP contribution is 2.28. The Labute approximate surface area is 170 Å². The Balaban J connectivity index is 1.71. The molecule has 0 aliphatic carbocycles.